The van der Waals surface area contributed by atoms with Crippen molar-refractivity contribution in [1.82, 2.24) is 25.1 Å². The van der Waals surface area contributed by atoms with Gasteiger partial charge in [-0.2, -0.15) is 0 Å². The quantitative estimate of drug-likeness (QED) is 0.458. The molecule has 186 valence electrons. The van der Waals surface area contributed by atoms with Crippen LogP contribution in [0.2, 0.25) is 0 Å². The normalized spacial score (nSPS) is 19.1. The van der Waals surface area contributed by atoms with E-state index >= 15 is 0 Å². The van der Waals surface area contributed by atoms with Gasteiger partial charge in [-0.3, -0.25) is 9.69 Å². The number of carbonyl (C=O) groups excluding carboxylic acids is 1. The molecular formula is C25H38N6O2S. The summed E-state index contributed by atoms with van der Waals surface area (Å²) in [6, 6.07) is 8.23. The smallest absolute Gasteiger partial charge is 0.230 e. The number of morpholine rings is 1. The summed E-state index contributed by atoms with van der Waals surface area (Å²) in [5.74, 6) is 7.13. The van der Waals surface area contributed by atoms with Crippen LogP contribution in [0.25, 0.3) is 11.4 Å². The third kappa shape index (κ3) is 5.75. The Bertz CT molecular complexity index is 957. The van der Waals surface area contributed by atoms with E-state index in [0.29, 0.717) is 17.5 Å². The Labute approximate surface area is 207 Å². The lowest BCUT2D eigenvalue weighted by atomic mass is 9.79. The molecule has 1 saturated heterocycles. The molecule has 2 aromatic rings. The summed E-state index contributed by atoms with van der Waals surface area (Å²) in [7, 11) is 0. The van der Waals surface area contributed by atoms with Crippen LogP contribution in [0.4, 0.5) is 0 Å². The number of aromatic nitrogens is 3. The Morgan fingerprint density at radius 3 is 2.44 bits per heavy atom. The van der Waals surface area contributed by atoms with Gasteiger partial charge in [-0.15, -0.1) is 10.2 Å². The minimum absolute atomic E-state index is 0.00212. The summed E-state index contributed by atoms with van der Waals surface area (Å²) >= 11 is 1.32. The van der Waals surface area contributed by atoms with Crippen LogP contribution >= 0.6 is 11.8 Å². The standard InChI is InChI=1S/C25H38N6O2S/c1-24(2,3)20-9-7-19(8-10-20)22-28-29-23(31(22)26)34-17-21(32)27-18-25(11-5-4-6-12-25)30-13-15-33-16-14-30/h7-10H,4-6,11-18,26H2,1-3H3,(H,27,32). The molecule has 0 unspecified atom stereocenters. The molecule has 34 heavy (non-hydrogen) atoms. The van der Waals surface area contributed by atoms with E-state index < -0.39 is 0 Å². The van der Waals surface area contributed by atoms with Crippen LogP contribution in [0.15, 0.2) is 29.4 Å². The largest absolute Gasteiger partial charge is 0.379 e. The summed E-state index contributed by atoms with van der Waals surface area (Å²) < 4.78 is 7.03. The van der Waals surface area contributed by atoms with E-state index in [1.54, 1.807) is 0 Å². The number of thioether (sulfide) groups is 1. The molecule has 1 aromatic carbocycles. The second-order valence-electron chi connectivity index (χ2n) is 10.5. The summed E-state index contributed by atoms with van der Waals surface area (Å²) in [6.45, 7) is 10.7. The van der Waals surface area contributed by atoms with Gasteiger partial charge in [0, 0.05) is 30.7 Å². The van der Waals surface area contributed by atoms with Gasteiger partial charge in [0.25, 0.3) is 0 Å². The number of carbonyl (C=O) groups is 1. The topological polar surface area (TPSA) is 98.3 Å². The lowest BCUT2D eigenvalue weighted by Crippen LogP contribution is -2.59. The van der Waals surface area contributed by atoms with Gasteiger partial charge in [0.1, 0.15) is 0 Å². The highest BCUT2D eigenvalue weighted by atomic mass is 32.2. The first-order valence-corrected chi connectivity index (χ1v) is 13.3. The highest BCUT2D eigenvalue weighted by Gasteiger charge is 2.38. The number of ether oxygens (including phenoxy) is 1. The van der Waals surface area contributed by atoms with Crippen LogP contribution in [-0.4, -0.2) is 69.8 Å². The Morgan fingerprint density at radius 1 is 1.12 bits per heavy atom. The minimum Gasteiger partial charge on any atom is -0.379 e. The van der Waals surface area contributed by atoms with Gasteiger partial charge in [-0.25, -0.2) is 4.68 Å². The summed E-state index contributed by atoms with van der Waals surface area (Å²) in [5.41, 5.74) is 2.30. The minimum atomic E-state index is 0.00212. The van der Waals surface area contributed by atoms with Crippen molar-refractivity contribution in [1.29, 1.82) is 0 Å². The van der Waals surface area contributed by atoms with Crippen molar-refractivity contribution in [3.8, 4) is 11.4 Å². The second kappa shape index (κ2) is 10.7. The average molecular weight is 487 g/mol. The molecule has 2 heterocycles. The molecule has 3 N–H and O–H groups in total. The van der Waals surface area contributed by atoms with Crippen LogP contribution in [0.3, 0.4) is 0 Å². The molecular weight excluding hydrogens is 448 g/mol. The zero-order valence-electron chi connectivity index (χ0n) is 20.7. The molecule has 9 heteroatoms. The van der Waals surface area contributed by atoms with Gasteiger partial charge in [0.05, 0.1) is 19.0 Å². The molecule has 1 aliphatic carbocycles. The fourth-order valence-corrected chi connectivity index (χ4v) is 5.67. The Balaban J connectivity index is 1.34. The van der Waals surface area contributed by atoms with Crippen molar-refractivity contribution < 1.29 is 9.53 Å². The van der Waals surface area contributed by atoms with Crippen LogP contribution < -0.4 is 11.2 Å². The summed E-state index contributed by atoms with van der Waals surface area (Å²) in [5, 5.41) is 12.2. The molecule has 1 aliphatic heterocycles. The fraction of sp³-hybridized carbons (Fsp3) is 0.640. The van der Waals surface area contributed by atoms with Gasteiger partial charge in [-0.05, 0) is 23.8 Å². The van der Waals surface area contributed by atoms with Gasteiger partial charge < -0.3 is 15.9 Å². The monoisotopic (exact) mass is 486 g/mol. The van der Waals surface area contributed by atoms with Crippen molar-refractivity contribution >= 4 is 17.7 Å². The summed E-state index contributed by atoms with van der Waals surface area (Å²) in [6.07, 6.45) is 5.99. The van der Waals surface area contributed by atoms with Crippen molar-refractivity contribution in [3.63, 3.8) is 0 Å². The predicted octanol–water partition coefficient (Wildman–Crippen LogP) is 3.20. The number of rotatable bonds is 7. The Hall–Kier alpha value is -2.10. The lowest BCUT2D eigenvalue weighted by Gasteiger charge is -2.48. The van der Waals surface area contributed by atoms with Crippen LogP contribution in [0, 0.1) is 0 Å². The van der Waals surface area contributed by atoms with E-state index in [2.05, 4.69) is 53.3 Å². The number of benzene rings is 1. The van der Waals surface area contributed by atoms with Crippen LogP contribution in [0.5, 0.6) is 0 Å². The van der Waals surface area contributed by atoms with E-state index in [4.69, 9.17) is 10.6 Å². The van der Waals surface area contributed by atoms with E-state index in [-0.39, 0.29) is 22.6 Å². The van der Waals surface area contributed by atoms with E-state index in [9.17, 15) is 4.79 Å². The number of nitrogens with zero attached hydrogens (tertiary/aromatic N) is 4. The lowest BCUT2D eigenvalue weighted by molar-refractivity contribution is -0.119. The van der Waals surface area contributed by atoms with Crippen molar-refractivity contribution in [3.05, 3.63) is 29.8 Å². The van der Waals surface area contributed by atoms with Crippen LogP contribution in [0.1, 0.15) is 58.4 Å². The maximum absolute atomic E-state index is 12.7. The van der Waals surface area contributed by atoms with E-state index in [1.807, 2.05) is 12.1 Å². The fourth-order valence-electron chi connectivity index (χ4n) is 4.99. The first-order valence-electron chi connectivity index (χ1n) is 12.3. The Kier molecular flexibility index (Phi) is 7.84. The molecule has 0 atom stereocenters. The number of amides is 1. The second-order valence-corrected chi connectivity index (χ2v) is 11.4. The van der Waals surface area contributed by atoms with Crippen molar-refractivity contribution in [2.24, 2.45) is 0 Å². The number of hydrogen-bond donors (Lipinski definition) is 2. The zero-order chi connectivity index (χ0) is 24.2. The van der Waals surface area contributed by atoms with E-state index in [0.717, 1.165) is 44.7 Å². The molecule has 0 bridgehead atoms. The highest BCUT2D eigenvalue weighted by Crippen LogP contribution is 2.34. The molecule has 1 amide bonds. The molecule has 1 aromatic heterocycles. The molecule has 0 spiro atoms. The SMILES string of the molecule is CC(C)(C)c1ccc(-c2nnc(SCC(=O)NCC3(N4CCOCC4)CCCCC3)n2N)cc1. The van der Waals surface area contributed by atoms with E-state index in [1.165, 1.54) is 41.3 Å². The molecule has 2 aliphatic rings. The van der Waals surface area contributed by atoms with Gasteiger partial charge in [0.2, 0.25) is 11.1 Å². The third-order valence-corrected chi connectivity index (χ3v) is 8.03. The maximum Gasteiger partial charge on any atom is 0.230 e. The molecule has 2 fully saturated rings. The Morgan fingerprint density at radius 2 is 1.79 bits per heavy atom. The predicted molar refractivity (Wildman–Crippen MR) is 136 cm³/mol. The van der Waals surface area contributed by atoms with Crippen LogP contribution in [-0.2, 0) is 14.9 Å². The molecule has 8 nitrogen and oxygen atoms in total. The molecule has 0 radical (unpaired) electrons. The number of hydrogen-bond acceptors (Lipinski definition) is 7. The van der Waals surface area contributed by atoms with Gasteiger partial charge in [-0.1, -0.05) is 76.1 Å². The summed E-state index contributed by atoms with van der Waals surface area (Å²) in [4.78, 5) is 15.3. The van der Waals surface area contributed by atoms with Crippen molar-refractivity contribution in [2.75, 3.05) is 44.4 Å². The molecule has 1 saturated carbocycles. The van der Waals surface area contributed by atoms with Gasteiger partial charge >= 0.3 is 0 Å². The first-order chi connectivity index (χ1) is 16.3. The number of nitrogens with two attached hydrogens (primary N) is 1. The van der Waals surface area contributed by atoms with Crippen molar-refractivity contribution in [2.45, 2.75) is 69.0 Å². The zero-order valence-corrected chi connectivity index (χ0v) is 21.5. The average Bonchev–Trinajstić information content (AvgIpc) is 3.22. The number of nitrogen functional groups attached to an aromatic ring is 1. The van der Waals surface area contributed by atoms with Gasteiger partial charge in [0.15, 0.2) is 5.82 Å². The maximum atomic E-state index is 12.7. The first kappa shape index (κ1) is 25.0. The molecule has 4 rings (SSSR count). The third-order valence-electron chi connectivity index (χ3n) is 7.09. The highest BCUT2D eigenvalue weighted by molar-refractivity contribution is 7.99. The number of nitrogens with one attached hydrogen (secondary N) is 1.